The summed E-state index contributed by atoms with van der Waals surface area (Å²) in [5, 5.41) is 1.77. The zero-order valence-corrected chi connectivity index (χ0v) is 14.6. The first-order chi connectivity index (χ1) is 10.2. The fourth-order valence-electron chi connectivity index (χ4n) is 2.98. The van der Waals surface area contributed by atoms with E-state index in [1.165, 1.54) is 0 Å². The number of carbonyl (C=O) groups is 2. The van der Waals surface area contributed by atoms with Crippen LogP contribution in [0.1, 0.15) is 60.8 Å². The highest BCUT2D eigenvalue weighted by Gasteiger charge is 2.46. The maximum atomic E-state index is 12.1. The quantitative estimate of drug-likeness (QED) is 0.554. The van der Waals surface area contributed by atoms with Gasteiger partial charge in [-0.3, -0.25) is 4.84 Å². The van der Waals surface area contributed by atoms with Crippen LogP contribution in [0.5, 0.6) is 0 Å². The van der Waals surface area contributed by atoms with Crippen LogP contribution in [-0.2, 0) is 23.9 Å². The van der Waals surface area contributed by atoms with Crippen LogP contribution in [0.25, 0.3) is 0 Å². The number of nitrogens with zero attached hydrogens (tertiary/aromatic N) is 1. The number of hydrogen-bond donors (Lipinski definition) is 0. The summed E-state index contributed by atoms with van der Waals surface area (Å²) in [5.41, 5.74) is -0.558. The van der Waals surface area contributed by atoms with Gasteiger partial charge in [0, 0.05) is 11.1 Å². The third-order valence-electron chi connectivity index (χ3n) is 3.89. The first-order valence-corrected chi connectivity index (χ1v) is 7.96. The van der Waals surface area contributed by atoms with Gasteiger partial charge in [-0.1, -0.05) is 0 Å². The van der Waals surface area contributed by atoms with Crippen LogP contribution >= 0.6 is 0 Å². The second kappa shape index (κ2) is 7.42. The molecule has 0 saturated carbocycles. The Kier molecular flexibility index (Phi) is 6.38. The second-order valence-electron chi connectivity index (χ2n) is 6.76. The molecule has 6 nitrogen and oxygen atoms in total. The smallest absolute Gasteiger partial charge is 0.349 e. The maximum Gasteiger partial charge on any atom is 0.349 e. The first kappa shape index (κ1) is 18.9. The molecule has 0 N–H and O–H groups in total. The van der Waals surface area contributed by atoms with Gasteiger partial charge in [-0.25, -0.2) is 9.59 Å². The van der Waals surface area contributed by atoms with E-state index >= 15 is 0 Å². The van der Waals surface area contributed by atoms with Gasteiger partial charge in [0.1, 0.15) is 0 Å². The van der Waals surface area contributed by atoms with Gasteiger partial charge in [0.05, 0.1) is 13.2 Å². The number of hydrogen-bond acceptors (Lipinski definition) is 6. The van der Waals surface area contributed by atoms with Crippen LogP contribution in [0, 0.1) is 0 Å². The van der Waals surface area contributed by atoms with Gasteiger partial charge in [-0.2, -0.15) is 5.06 Å². The van der Waals surface area contributed by atoms with E-state index in [-0.39, 0.29) is 24.3 Å². The van der Waals surface area contributed by atoms with E-state index in [4.69, 9.17) is 14.3 Å². The zero-order valence-electron chi connectivity index (χ0n) is 14.6. The van der Waals surface area contributed by atoms with Crippen LogP contribution in [0.2, 0.25) is 0 Å². The van der Waals surface area contributed by atoms with Gasteiger partial charge in [-0.15, -0.1) is 0 Å². The van der Waals surface area contributed by atoms with Gasteiger partial charge in [-0.05, 0) is 60.8 Å². The topological polar surface area (TPSA) is 65.1 Å². The number of esters is 2. The molecule has 128 valence electrons. The molecule has 0 radical (unpaired) electrons. The summed E-state index contributed by atoms with van der Waals surface area (Å²) in [6.45, 7) is 11.9. The normalized spacial score (nSPS) is 20.7. The van der Waals surface area contributed by atoms with Crippen molar-refractivity contribution in [3.05, 3.63) is 0 Å². The molecule has 1 rings (SSSR count). The van der Waals surface area contributed by atoms with Crippen LogP contribution in [-0.4, -0.2) is 47.4 Å². The minimum absolute atomic E-state index is 0.185. The van der Waals surface area contributed by atoms with Gasteiger partial charge >= 0.3 is 11.9 Å². The molecular weight excluding hydrogens is 286 g/mol. The van der Waals surface area contributed by atoms with Crippen LogP contribution in [0.15, 0.2) is 0 Å². The molecule has 0 aromatic rings. The van der Waals surface area contributed by atoms with Crippen molar-refractivity contribution in [2.45, 2.75) is 78.0 Å². The van der Waals surface area contributed by atoms with Gasteiger partial charge < -0.3 is 9.47 Å². The minimum Gasteiger partial charge on any atom is -0.464 e. The molecule has 0 atom stereocenters. The summed E-state index contributed by atoms with van der Waals surface area (Å²) in [6.07, 6.45) is 1.55. The van der Waals surface area contributed by atoms with Crippen molar-refractivity contribution in [3.63, 3.8) is 0 Å². The Balaban J connectivity index is 2.99. The molecule has 0 spiro atoms. The lowest BCUT2D eigenvalue weighted by Gasteiger charge is -2.51. The van der Waals surface area contributed by atoms with Gasteiger partial charge in [0.15, 0.2) is 0 Å². The molecule has 6 heteroatoms. The highest BCUT2D eigenvalue weighted by molar-refractivity contribution is 5.98. The molecule has 0 bridgehead atoms. The third kappa shape index (κ3) is 4.43. The molecule has 1 aliphatic rings. The largest absolute Gasteiger partial charge is 0.464 e. The van der Waals surface area contributed by atoms with Crippen molar-refractivity contribution in [1.29, 1.82) is 0 Å². The summed E-state index contributed by atoms with van der Waals surface area (Å²) in [6, 6.07) is 0. The Morgan fingerprint density at radius 2 is 1.36 bits per heavy atom. The fraction of sp³-hybridized carbons (Fsp3) is 0.875. The highest BCUT2D eigenvalue weighted by atomic mass is 16.7. The molecule has 1 saturated heterocycles. The van der Waals surface area contributed by atoms with E-state index in [0.29, 0.717) is 0 Å². The standard InChI is InChI=1S/C16H29NO5/c1-7-20-13(18)12(14(19)21-8-2)22-17-15(3,4)10-9-11-16(17,5)6/h12H,7-11H2,1-6H3. The molecular formula is C16H29NO5. The molecule has 1 fully saturated rings. The van der Waals surface area contributed by atoms with E-state index in [2.05, 4.69) is 0 Å². The number of carbonyl (C=O) groups excluding carboxylic acids is 2. The summed E-state index contributed by atoms with van der Waals surface area (Å²) < 4.78 is 9.92. The van der Waals surface area contributed by atoms with Crippen LogP contribution < -0.4 is 0 Å². The van der Waals surface area contributed by atoms with E-state index in [1.807, 2.05) is 27.7 Å². The predicted octanol–water partition coefficient (Wildman–Crippen LogP) is 2.46. The number of piperidine rings is 1. The number of rotatable bonds is 6. The van der Waals surface area contributed by atoms with Gasteiger partial charge in [0.2, 0.25) is 0 Å². The third-order valence-corrected chi connectivity index (χ3v) is 3.89. The van der Waals surface area contributed by atoms with Crippen molar-refractivity contribution < 1.29 is 23.9 Å². The lowest BCUT2D eigenvalue weighted by molar-refractivity contribution is -0.300. The Morgan fingerprint density at radius 1 is 0.955 bits per heavy atom. The van der Waals surface area contributed by atoms with E-state index < -0.39 is 18.0 Å². The number of ether oxygens (including phenoxy) is 2. The molecule has 0 aromatic heterocycles. The molecule has 0 unspecified atom stereocenters. The summed E-state index contributed by atoms with van der Waals surface area (Å²) in [7, 11) is 0. The average molecular weight is 315 g/mol. The second-order valence-corrected chi connectivity index (χ2v) is 6.76. The lowest BCUT2D eigenvalue weighted by atomic mass is 9.82. The van der Waals surface area contributed by atoms with Crippen LogP contribution in [0.3, 0.4) is 0 Å². The average Bonchev–Trinajstić information content (AvgIpc) is 2.37. The van der Waals surface area contributed by atoms with Crippen molar-refractivity contribution >= 4 is 11.9 Å². The first-order valence-electron chi connectivity index (χ1n) is 7.96. The van der Waals surface area contributed by atoms with Gasteiger partial charge in [0.25, 0.3) is 6.10 Å². The molecule has 1 heterocycles. The molecule has 22 heavy (non-hydrogen) atoms. The van der Waals surface area contributed by atoms with Crippen molar-refractivity contribution in [2.75, 3.05) is 13.2 Å². The molecule has 0 aliphatic carbocycles. The Hall–Kier alpha value is -1.14. The number of hydroxylamine groups is 2. The van der Waals surface area contributed by atoms with Crippen LogP contribution in [0.4, 0.5) is 0 Å². The lowest BCUT2D eigenvalue weighted by Crippen LogP contribution is -2.60. The van der Waals surface area contributed by atoms with E-state index in [0.717, 1.165) is 19.3 Å². The Morgan fingerprint density at radius 3 is 1.73 bits per heavy atom. The predicted molar refractivity (Wildman–Crippen MR) is 82.0 cm³/mol. The Bertz CT molecular complexity index is 371. The zero-order chi connectivity index (χ0) is 17.0. The SMILES string of the molecule is CCOC(=O)C(ON1C(C)(C)CCCC1(C)C)C(=O)OCC. The monoisotopic (exact) mass is 315 g/mol. The van der Waals surface area contributed by atoms with Crippen molar-refractivity contribution in [2.24, 2.45) is 0 Å². The van der Waals surface area contributed by atoms with Crippen molar-refractivity contribution in [1.82, 2.24) is 5.06 Å². The summed E-state index contributed by atoms with van der Waals surface area (Å²) in [5.74, 6) is -1.42. The Labute approximate surface area is 133 Å². The van der Waals surface area contributed by atoms with Crippen molar-refractivity contribution in [3.8, 4) is 0 Å². The van der Waals surface area contributed by atoms with E-state index in [1.54, 1.807) is 18.9 Å². The highest BCUT2D eigenvalue weighted by Crippen LogP contribution is 2.38. The molecule has 0 amide bonds. The summed E-state index contributed by atoms with van der Waals surface area (Å²) >= 11 is 0. The van der Waals surface area contributed by atoms with E-state index in [9.17, 15) is 9.59 Å². The fourth-order valence-corrected chi connectivity index (χ4v) is 2.98. The molecule has 0 aromatic carbocycles. The summed E-state index contributed by atoms with van der Waals surface area (Å²) in [4.78, 5) is 30.0. The maximum absolute atomic E-state index is 12.1. The minimum atomic E-state index is -1.38. The molecule has 1 aliphatic heterocycles.